The smallest absolute Gasteiger partial charge is 0.306 e. The van der Waals surface area contributed by atoms with E-state index >= 15 is 0 Å². The summed E-state index contributed by atoms with van der Waals surface area (Å²) in [7, 11) is 1.97. The van der Waals surface area contributed by atoms with E-state index in [1.165, 1.54) is 0 Å². The summed E-state index contributed by atoms with van der Waals surface area (Å²) in [5.41, 5.74) is 1.06. The van der Waals surface area contributed by atoms with E-state index in [9.17, 15) is 4.79 Å². The van der Waals surface area contributed by atoms with Gasteiger partial charge in [0.05, 0.1) is 5.92 Å². The number of carboxylic acid groups (broad SMARTS) is 1. The van der Waals surface area contributed by atoms with Gasteiger partial charge in [0, 0.05) is 24.8 Å². The van der Waals surface area contributed by atoms with Crippen molar-refractivity contribution in [3.8, 4) is 0 Å². The number of aliphatic carboxylic acids is 1. The summed E-state index contributed by atoms with van der Waals surface area (Å²) in [5, 5.41) is 12.5. The zero-order valence-electron chi connectivity index (χ0n) is 13.7. The predicted octanol–water partition coefficient (Wildman–Crippen LogP) is 3.30. The van der Waals surface area contributed by atoms with E-state index in [4.69, 9.17) is 5.11 Å². The van der Waals surface area contributed by atoms with E-state index in [0.717, 1.165) is 43.0 Å². The minimum atomic E-state index is -0.678. The fraction of sp³-hybridized carbons (Fsp3) is 0.389. The third-order valence-corrected chi connectivity index (χ3v) is 4.57. The van der Waals surface area contributed by atoms with Gasteiger partial charge in [0.15, 0.2) is 0 Å². The van der Waals surface area contributed by atoms with E-state index in [0.29, 0.717) is 0 Å². The van der Waals surface area contributed by atoms with Crippen LogP contribution in [-0.2, 0) is 4.79 Å². The zero-order chi connectivity index (χ0) is 16.9. The number of carboxylic acids is 1. The molecule has 24 heavy (non-hydrogen) atoms. The molecule has 6 heteroatoms. The highest BCUT2D eigenvalue weighted by Crippen LogP contribution is 2.27. The lowest BCUT2D eigenvalue weighted by molar-refractivity contribution is -0.142. The lowest BCUT2D eigenvalue weighted by atomic mass is 9.86. The molecule has 1 aromatic heterocycles. The van der Waals surface area contributed by atoms with Gasteiger partial charge < -0.3 is 15.3 Å². The molecule has 1 aromatic carbocycles. The highest BCUT2D eigenvalue weighted by atomic mass is 16.4. The van der Waals surface area contributed by atoms with Gasteiger partial charge in [-0.2, -0.15) is 0 Å². The maximum Gasteiger partial charge on any atom is 0.306 e. The number of nitrogens with one attached hydrogen (secondary N) is 1. The first kappa shape index (κ1) is 16.2. The molecule has 0 amide bonds. The normalized spacial score (nSPS) is 20.4. The molecule has 3 rings (SSSR count). The quantitative estimate of drug-likeness (QED) is 0.878. The van der Waals surface area contributed by atoms with Gasteiger partial charge in [0.25, 0.3) is 0 Å². The average Bonchev–Trinajstić information content (AvgIpc) is 2.62. The molecule has 6 nitrogen and oxygen atoms in total. The van der Waals surface area contributed by atoms with Crippen molar-refractivity contribution in [3.63, 3.8) is 0 Å². The van der Waals surface area contributed by atoms with Crippen LogP contribution in [0.15, 0.2) is 42.7 Å². The number of benzene rings is 1. The maximum atomic E-state index is 11.0. The number of rotatable bonds is 5. The van der Waals surface area contributed by atoms with Crippen LogP contribution >= 0.6 is 0 Å². The van der Waals surface area contributed by atoms with E-state index in [1.807, 2.05) is 48.3 Å². The number of carbonyl (C=O) groups is 1. The molecule has 0 radical (unpaired) electrons. The summed E-state index contributed by atoms with van der Waals surface area (Å²) in [6, 6.07) is 12.2. The van der Waals surface area contributed by atoms with Gasteiger partial charge >= 0.3 is 5.97 Å². The molecule has 1 aliphatic rings. The molecule has 0 bridgehead atoms. The minimum Gasteiger partial charge on any atom is -0.481 e. The minimum absolute atomic E-state index is 0.201. The van der Waals surface area contributed by atoms with Crippen molar-refractivity contribution in [2.24, 2.45) is 5.92 Å². The van der Waals surface area contributed by atoms with Crippen LogP contribution < -0.4 is 10.2 Å². The van der Waals surface area contributed by atoms with E-state index < -0.39 is 5.97 Å². The molecule has 1 heterocycles. The van der Waals surface area contributed by atoms with Gasteiger partial charge in [0.2, 0.25) is 0 Å². The zero-order valence-corrected chi connectivity index (χ0v) is 13.7. The Morgan fingerprint density at radius 2 is 1.88 bits per heavy atom. The Balaban J connectivity index is 1.65. The summed E-state index contributed by atoms with van der Waals surface area (Å²) in [6.07, 6.45) is 4.69. The molecule has 0 saturated heterocycles. The Morgan fingerprint density at radius 1 is 1.17 bits per heavy atom. The Kier molecular flexibility index (Phi) is 4.93. The van der Waals surface area contributed by atoms with Crippen LogP contribution in [0.5, 0.6) is 0 Å². The first-order valence-electron chi connectivity index (χ1n) is 8.23. The molecule has 126 valence electrons. The Hall–Kier alpha value is -2.63. The van der Waals surface area contributed by atoms with E-state index in [2.05, 4.69) is 15.3 Å². The van der Waals surface area contributed by atoms with Crippen molar-refractivity contribution >= 4 is 23.3 Å². The number of hydrogen-bond acceptors (Lipinski definition) is 5. The van der Waals surface area contributed by atoms with Gasteiger partial charge in [-0.25, -0.2) is 9.97 Å². The van der Waals surface area contributed by atoms with Crippen LogP contribution in [0.1, 0.15) is 25.7 Å². The van der Waals surface area contributed by atoms with E-state index in [1.54, 1.807) is 6.33 Å². The largest absolute Gasteiger partial charge is 0.481 e. The average molecular weight is 326 g/mol. The monoisotopic (exact) mass is 326 g/mol. The summed E-state index contributed by atoms with van der Waals surface area (Å²) in [5.74, 6) is 0.718. The van der Waals surface area contributed by atoms with Gasteiger partial charge in [-0.3, -0.25) is 4.79 Å². The molecule has 1 fully saturated rings. The fourth-order valence-corrected chi connectivity index (χ4v) is 3.09. The molecule has 2 aromatic rings. The summed E-state index contributed by atoms with van der Waals surface area (Å²) < 4.78 is 0. The van der Waals surface area contributed by atoms with Gasteiger partial charge in [-0.05, 0) is 37.8 Å². The second kappa shape index (κ2) is 7.29. The molecule has 0 atom stereocenters. The van der Waals surface area contributed by atoms with Gasteiger partial charge in [0.1, 0.15) is 18.0 Å². The highest BCUT2D eigenvalue weighted by molar-refractivity contribution is 5.70. The molecular weight excluding hydrogens is 304 g/mol. The van der Waals surface area contributed by atoms with Crippen LogP contribution in [0, 0.1) is 5.92 Å². The SMILES string of the molecule is CN(c1ccccc1)c1cc(NC2CCC(C(=O)O)CC2)ncn1. The van der Waals surface area contributed by atoms with Crippen molar-refractivity contribution < 1.29 is 9.90 Å². The van der Waals surface area contributed by atoms with Crippen LogP contribution in [0.4, 0.5) is 17.3 Å². The summed E-state index contributed by atoms with van der Waals surface area (Å²) in [6.45, 7) is 0. The summed E-state index contributed by atoms with van der Waals surface area (Å²) >= 11 is 0. The van der Waals surface area contributed by atoms with Crippen LogP contribution in [0.2, 0.25) is 0 Å². The Labute approximate surface area is 141 Å². The van der Waals surface area contributed by atoms with Crippen molar-refractivity contribution in [2.45, 2.75) is 31.7 Å². The first-order chi connectivity index (χ1) is 11.6. The lowest BCUT2D eigenvalue weighted by Crippen LogP contribution is -2.29. The second-order valence-electron chi connectivity index (χ2n) is 6.19. The molecule has 0 spiro atoms. The van der Waals surface area contributed by atoms with Crippen molar-refractivity contribution in [1.29, 1.82) is 0 Å². The van der Waals surface area contributed by atoms with Gasteiger partial charge in [-0.15, -0.1) is 0 Å². The maximum absolute atomic E-state index is 11.0. The topological polar surface area (TPSA) is 78.4 Å². The number of aromatic nitrogens is 2. The molecule has 2 N–H and O–H groups in total. The Morgan fingerprint density at radius 3 is 2.54 bits per heavy atom. The lowest BCUT2D eigenvalue weighted by Gasteiger charge is -2.27. The molecular formula is C18H22N4O2. The van der Waals surface area contributed by atoms with Crippen molar-refractivity contribution in [2.75, 3.05) is 17.3 Å². The Bertz CT molecular complexity index is 684. The highest BCUT2D eigenvalue weighted by Gasteiger charge is 2.26. The number of hydrogen-bond donors (Lipinski definition) is 2. The molecule has 1 saturated carbocycles. The number of anilines is 3. The number of para-hydroxylation sites is 1. The van der Waals surface area contributed by atoms with Crippen LogP contribution in [0.25, 0.3) is 0 Å². The second-order valence-corrected chi connectivity index (χ2v) is 6.19. The van der Waals surface area contributed by atoms with Crippen LogP contribution in [0.3, 0.4) is 0 Å². The summed E-state index contributed by atoms with van der Waals surface area (Å²) in [4.78, 5) is 21.7. The number of nitrogens with zero attached hydrogens (tertiary/aromatic N) is 3. The van der Waals surface area contributed by atoms with E-state index in [-0.39, 0.29) is 12.0 Å². The van der Waals surface area contributed by atoms with Crippen LogP contribution in [-0.4, -0.2) is 34.1 Å². The molecule has 1 aliphatic carbocycles. The van der Waals surface area contributed by atoms with Crippen molar-refractivity contribution in [1.82, 2.24) is 9.97 Å². The van der Waals surface area contributed by atoms with Crippen molar-refractivity contribution in [3.05, 3.63) is 42.7 Å². The standard InChI is InChI=1S/C18H22N4O2/c1-22(15-5-3-2-4-6-15)17-11-16(19-12-20-17)21-14-9-7-13(8-10-14)18(23)24/h2-6,11-14H,7-10H2,1H3,(H,23,24)(H,19,20,21). The first-order valence-corrected chi connectivity index (χ1v) is 8.23. The molecule has 0 aliphatic heterocycles. The third kappa shape index (κ3) is 3.82. The van der Waals surface area contributed by atoms with Gasteiger partial charge in [-0.1, -0.05) is 18.2 Å². The predicted molar refractivity (Wildman–Crippen MR) is 93.5 cm³/mol. The molecule has 0 unspecified atom stereocenters. The third-order valence-electron chi connectivity index (χ3n) is 4.57. The fourth-order valence-electron chi connectivity index (χ4n) is 3.09.